The number of fused-ring (bicyclic) bond motifs is 1. The van der Waals surface area contributed by atoms with E-state index in [-0.39, 0.29) is 5.82 Å². The fourth-order valence-electron chi connectivity index (χ4n) is 3.67. The van der Waals surface area contributed by atoms with Crippen molar-refractivity contribution in [2.75, 3.05) is 19.5 Å². The molecule has 9 heteroatoms. The lowest BCUT2D eigenvalue weighted by Crippen LogP contribution is -2.02. The SMILES string of the molecule is COc1nc(Nc2cccn3c(OC)c(-c4ccc(F)cc4)nc23)ccc1-n1cnc(C)c1. The van der Waals surface area contributed by atoms with E-state index in [1.54, 1.807) is 32.7 Å². The van der Waals surface area contributed by atoms with Crippen molar-refractivity contribution in [3.8, 4) is 28.7 Å². The van der Waals surface area contributed by atoms with Crippen LogP contribution in [0.2, 0.25) is 0 Å². The van der Waals surface area contributed by atoms with Gasteiger partial charge in [-0.15, -0.1) is 0 Å². The molecule has 0 bridgehead atoms. The van der Waals surface area contributed by atoms with Crippen molar-refractivity contribution in [1.82, 2.24) is 23.9 Å². The number of methoxy groups -OCH3 is 2. The largest absolute Gasteiger partial charge is 0.480 e. The van der Waals surface area contributed by atoms with E-state index in [0.717, 1.165) is 22.6 Å². The molecule has 0 aliphatic carbocycles. The Bertz CT molecular complexity index is 1440. The van der Waals surface area contributed by atoms with Crippen LogP contribution in [0.1, 0.15) is 5.69 Å². The van der Waals surface area contributed by atoms with Crippen LogP contribution in [0.3, 0.4) is 0 Å². The molecule has 0 unspecified atom stereocenters. The molecule has 0 fully saturated rings. The Morgan fingerprint density at radius 1 is 0.970 bits per heavy atom. The van der Waals surface area contributed by atoms with Gasteiger partial charge in [0.15, 0.2) is 5.65 Å². The van der Waals surface area contributed by atoms with Gasteiger partial charge >= 0.3 is 0 Å². The maximum atomic E-state index is 13.4. The summed E-state index contributed by atoms with van der Waals surface area (Å²) in [5.74, 6) is 1.29. The number of halogens is 1. The number of nitrogens with zero attached hydrogens (tertiary/aromatic N) is 5. The number of nitrogens with one attached hydrogen (secondary N) is 1. The second-order valence-corrected chi connectivity index (χ2v) is 7.36. The summed E-state index contributed by atoms with van der Waals surface area (Å²) >= 11 is 0. The standard InChI is InChI=1S/C24H21FN6O2/c1-15-13-30(14-26-15)19-10-11-20(28-23(19)32-2)27-18-5-4-12-31-22(18)29-21(24(31)33-3)16-6-8-17(25)9-7-16/h4-14H,1-3H3,(H,27,28). The van der Waals surface area contributed by atoms with Gasteiger partial charge in [-0.1, -0.05) is 0 Å². The van der Waals surface area contributed by atoms with Crippen LogP contribution < -0.4 is 14.8 Å². The molecule has 5 rings (SSSR count). The van der Waals surface area contributed by atoms with Gasteiger partial charge in [-0.05, 0) is 55.5 Å². The summed E-state index contributed by atoms with van der Waals surface area (Å²) in [7, 11) is 3.16. The molecule has 0 saturated heterocycles. The Labute approximate surface area is 189 Å². The highest BCUT2D eigenvalue weighted by atomic mass is 19.1. The van der Waals surface area contributed by atoms with Gasteiger partial charge in [0.25, 0.3) is 0 Å². The summed E-state index contributed by atoms with van der Waals surface area (Å²) in [5.41, 5.74) is 4.42. The Kier molecular flexibility index (Phi) is 5.14. The van der Waals surface area contributed by atoms with Gasteiger partial charge in [0.05, 0.1) is 31.9 Å². The van der Waals surface area contributed by atoms with E-state index in [0.29, 0.717) is 28.9 Å². The molecule has 0 aliphatic rings. The van der Waals surface area contributed by atoms with E-state index in [9.17, 15) is 4.39 Å². The molecule has 33 heavy (non-hydrogen) atoms. The number of hydrogen-bond donors (Lipinski definition) is 1. The monoisotopic (exact) mass is 444 g/mol. The number of aryl methyl sites for hydroxylation is 1. The van der Waals surface area contributed by atoms with E-state index in [1.807, 2.05) is 52.6 Å². The fraction of sp³-hybridized carbons (Fsp3) is 0.125. The number of pyridine rings is 2. The lowest BCUT2D eigenvalue weighted by atomic mass is 10.1. The van der Waals surface area contributed by atoms with Crippen LogP contribution >= 0.6 is 0 Å². The van der Waals surface area contributed by atoms with Crippen LogP contribution in [-0.2, 0) is 0 Å². The number of imidazole rings is 2. The average molecular weight is 444 g/mol. The summed E-state index contributed by atoms with van der Waals surface area (Å²) in [6, 6.07) is 13.7. The van der Waals surface area contributed by atoms with Crippen LogP contribution in [0, 0.1) is 12.7 Å². The van der Waals surface area contributed by atoms with Crippen molar-refractivity contribution in [3.63, 3.8) is 0 Å². The summed E-state index contributed by atoms with van der Waals surface area (Å²) < 4.78 is 28.2. The van der Waals surface area contributed by atoms with Crippen LogP contribution in [0.5, 0.6) is 11.8 Å². The van der Waals surface area contributed by atoms with Gasteiger partial charge in [-0.3, -0.25) is 4.40 Å². The van der Waals surface area contributed by atoms with Crippen molar-refractivity contribution in [3.05, 3.63) is 78.8 Å². The minimum atomic E-state index is -0.307. The van der Waals surface area contributed by atoms with Gasteiger partial charge < -0.3 is 19.4 Å². The smallest absolute Gasteiger partial charge is 0.240 e. The third kappa shape index (κ3) is 3.73. The maximum Gasteiger partial charge on any atom is 0.240 e. The summed E-state index contributed by atoms with van der Waals surface area (Å²) in [6.45, 7) is 1.92. The first kappa shape index (κ1) is 20.5. The van der Waals surface area contributed by atoms with Crippen LogP contribution in [0.4, 0.5) is 15.9 Å². The number of rotatable bonds is 6. The van der Waals surface area contributed by atoms with E-state index in [4.69, 9.17) is 14.5 Å². The zero-order valence-corrected chi connectivity index (χ0v) is 18.3. The van der Waals surface area contributed by atoms with Crippen LogP contribution in [0.25, 0.3) is 22.6 Å². The van der Waals surface area contributed by atoms with E-state index in [2.05, 4.69) is 15.3 Å². The van der Waals surface area contributed by atoms with E-state index >= 15 is 0 Å². The molecule has 0 amide bonds. The Morgan fingerprint density at radius 3 is 2.48 bits per heavy atom. The highest BCUT2D eigenvalue weighted by Crippen LogP contribution is 2.34. The number of anilines is 2. The second kappa shape index (κ2) is 8.27. The van der Waals surface area contributed by atoms with Crippen LogP contribution in [-0.4, -0.2) is 38.1 Å². The van der Waals surface area contributed by atoms with Crippen molar-refractivity contribution < 1.29 is 13.9 Å². The van der Waals surface area contributed by atoms with E-state index in [1.165, 1.54) is 12.1 Å². The molecule has 0 saturated carbocycles. The molecular weight excluding hydrogens is 423 g/mol. The lowest BCUT2D eigenvalue weighted by molar-refractivity contribution is 0.396. The first-order valence-electron chi connectivity index (χ1n) is 10.2. The summed E-state index contributed by atoms with van der Waals surface area (Å²) in [6.07, 6.45) is 5.48. The van der Waals surface area contributed by atoms with Crippen LogP contribution in [0.15, 0.2) is 67.3 Å². The molecule has 0 atom stereocenters. The van der Waals surface area contributed by atoms with E-state index < -0.39 is 0 Å². The normalized spacial score (nSPS) is 11.0. The minimum Gasteiger partial charge on any atom is -0.480 e. The number of hydrogen-bond acceptors (Lipinski definition) is 6. The zero-order chi connectivity index (χ0) is 22.9. The highest BCUT2D eigenvalue weighted by molar-refractivity contribution is 5.79. The summed E-state index contributed by atoms with van der Waals surface area (Å²) in [5, 5.41) is 3.32. The lowest BCUT2D eigenvalue weighted by Gasteiger charge is -2.12. The molecule has 8 nitrogen and oxygen atoms in total. The molecule has 0 spiro atoms. The number of aromatic nitrogens is 5. The Balaban J connectivity index is 1.55. The predicted octanol–water partition coefficient (Wildman–Crippen LogP) is 4.79. The third-order valence-corrected chi connectivity index (χ3v) is 5.20. The van der Waals surface area contributed by atoms with Crippen molar-refractivity contribution in [2.24, 2.45) is 0 Å². The minimum absolute atomic E-state index is 0.307. The van der Waals surface area contributed by atoms with Crippen molar-refractivity contribution in [2.45, 2.75) is 6.92 Å². The molecule has 166 valence electrons. The molecule has 1 aromatic carbocycles. The quantitative estimate of drug-likeness (QED) is 0.406. The molecule has 5 aromatic rings. The second-order valence-electron chi connectivity index (χ2n) is 7.36. The number of benzene rings is 1. The maximum absolute atomic E-state index is 13.4. The summed E-state index contributed by atoms with van der Waals surface area (Å²) in [4.78, 5) is 13.6. The topological polar surface area (TPSA) is 78.5 Å². The average Bonchev–Trinajstić information content (AvgIpc) is 3.43. The Hall–Kier alpha value is -4.40. The molecule has 0 aliphatic heterocycles. The molecule has 0 radical (unpaired) electrons. The van der Waals surface area contributed by atoms with Crippen molar-refractivity contribution >= 4 is 17.2 Å². The zero-order valence-electron chi connectivity index (χ0n) is 18.3. The third-order valence-electron chi connectivity index (χ3n) is 5.20. The van der Waals surface area contributed by atoms with Gasteiger partial charge in [-0.25, -0.2) is 14.4 Å². The first-order valence-corrected chi connectivity index (χ1v) is 10.2. The molecule has 1 N–H and O–H groups in total. The van der Waals surface area contributed by atoms with Gasteiger partial charge in [-0.2, -0.15) is 4.98 Å². The predicted molar refractivity (Wildman–Crippen MR) is 123 cm³/mol. The highest BCUT2D eigenvalue weighted by Gasteiger charge is 2.18. The Morgan fingerprint density at radius 2 is 1.79 bits per heavy atom. The molecule has 4 aromatic heterocycles. The molecule has 4 heterocycles. The first-order chi connectivity index (χ1) is 16.1. The number of ether oxygens (including phenoxy) is 2. The van der Waals surface area contributed by atoms with Gasteiger partial charge in [0.1, 0.15) is 23.0 Å². The molecular formula is C24H21FN6O2. The van der Waals surface area contributed by atoms with Gasteiger partial charge in [0.2, 0.25) is 11.8 Å². The van der Waals surface area contributed by atoms with Gasteiger partial charge in [0, 0.05) is 18.0 Å². The van der Waals surface area contributed by atoms with Crippen molar-refractivity contribution in [1.29, 1.82) is 0 Å². The fourth-order valence-corrected chi connectivity index (χ4v) is 3.67.